The SMILES string of the molecule is C/C(=N\NC(=O)c1cc(Br)c[nH]1)c1ccc(N2CCOCC2)c(F)c1. The van der Waals surface area contributed by atoms with E-state index < -0.39 is 0 Å². The Kier molecular flexibility index (Phi) is 5.50. The van der Waals surface area contributed by atoms with Gasteiger partial charge >= 0.3 is 0 Å². The van der Waals surface area contributed by atoms with E-state index in [0.717, 1.165) is 4.47 Å². The molecule has 6 nitrogen and oxygen atoms in total. The lowest BCUT2D eigenvalue weighted by Crippen LogP contribution is -2.36. The lowest BCUT2D eigenvalue weighted by Gasteiger charge is -2.29. The highest BCUT2D eigenvalue weighted by Crippen LogP contribution is 2.22. The molecule has 3 rings (SSSR count). The largest absolute Gasteiger partial charge is 0.378 e. The van der Waals surface area contributed by atoms with Gasteiger partial charge in [0.05, 0.1) is 24.6 Å². The maximum atomic E-state index is 14.4. The standard InChI is InChI=1S/C17H18BrFN4O2/c1-11(21-22-17(24)15-9-13(18)10-20-15)12-2-3-16(14(19)8-12)23-4-6-25-7-5-23/h2-3,8-10,20H,4-7H2,1H3,(H,22,24)/b21-11+. The lowest BCUT2D eigenvalue weighted by molar-refractivity contribution is 0.0950. The normalized spacial score (nSPS) is 15.3. The molecule has 1 aliphatic rings. The van der Waals surface area contributed by atoms with Crippen molar-refractivity contribution < 1.29 is 13.9 Å². The molecular weight excluding hydrogens is 391 g/mol. The molecule has 1 aliphatic heterocycles. The van der Waals surface area contributed by atoms with Gasteiger partial charge in [0.2, 0.25) is 0 Å². The highest BCUT2D eigenvalue weighted by Gasteiger charge is 2.16. The number of aromatic amines is 1. The minimum absolute atomic E-state index is 0.312. The molecule has 0 bridgehead atoms. The van der Waals surface area contributed by atoms with Gasteiger partial charge in [-0.1, -0.05) is 6.07 Å². The number of carbonyl (C=O) groups excluding carboxylic acids is 1. The van der Waals surface area contributed by atoms with Crippen molar-refractivity contribution in [1.29, 1.82) is 0 Å². The molecule has 25 heavy (non-hydrogen) atoms. The quantitative estimate of drug-likeness (QED) is 0.603. The van der Waals surface area contributed by atoms with Gasteiger partial charge < -0.3 is 14.6 Å². The summed E-state index contributed by atoms with van der Waals surface area (Å²) in [7, 11) is 0. The molecule has 132 valence electrons. The molecule has 2 N–H and O–H groups in total. The second-order valence-electron chi connectivity index (χ2n) is 5.64. The molecule has 2 aromatic rings. The third-order valence-corrected chi connectivity index (χ3v) is 4.39. The number of aromatic nitrogens is 1. The van der Waals surface area contributed by atoms with Crippen LogP contribution in [0.1, 0.15) is 23.0 Å². The molecule has 0 atom stereocenters. The van der Waals surface area contributed by atoms with Crippen molar-refractivity contribution >= 4 is 33.2 Å². The molecule has 1 fully saturated rings. The van der Waals surface area contributed by atoms with Crippen LogP contribution in [0.2, 0.25) is 0 Å². The Labute approximate surface area is 153 Å². The molecular formula is C17H18BrFN4O2. The number of hydrogen-bond acceptors (Lipinski definition) is 4. The van der Waals surface area contributed by atoms with E-state index in [2.05, 4.69) is 31.4 Å². The van der Waals surface area contributed by atoms with E-state index in [1.165, 1.54) is 6.07 Å². The lowest BCUT2D eigenvalue weighted by atomic mass is 10.1. The van der Waals surface area contributed by atoms with E-state index in [-0.39, 0.29) is 11.7 Å². The van der Waals surface area contributed by atoms with Crippen molar-refractivity contribution in [2.24, 2.45) is 5.10 Å². The van der Waals surface area contributed by atoms with E-state index in [4.69, 9.17) is 4.74 Å². The molecule has 1 aromatic heterocycles. The molecule has 8 heteroatoms. The summed E-state index contributed by atoms with van der Waals surface area (Å²) in [6.07, 6.45) is 1.66. The molecule has 0 radical (unpaired) electrons. The van der Waals surface area contributed by atoms with E-state index in [1.807, 2.05) is 4.90 Å². The van der Waals surface area contributed by atoms with Crippen LogP contribution in [0.5, 0.6) is 0 Å². The molecule has 1 saturated heterocycles. The average molecular weight is 409 g/mol. The maximum Gasteiger partial charge on any atom is 0.287 e. The summed E-state index contributed by atoms with van der Waals surface area (Å²) in [4.78, 5) is 16.7. The highest BCUT2D eigenvalue weighted by atomic mass is 79.9. The van der Waals surface area contributed by atoms with Crippen LogP contribution in [-0.4, -0.2) is 42.9 Å². The second kappa shape index (κ2) is 7.79. The van der Waals surface area contributed by atoms with Gasteiger partial charge in [-0.05, 0) is 41.1 Å². The second-order valence-corrected chi connectivity index (χ2v) is 6.55. The Morgan fingerprint density at radius 3 is 2.76 bits per heavy atom. The number of carbonyl (C=O) groups is 1. The summed E-state index contributed by atoms with van der Waals surface area (Å²) in [5.74, 6) is -0.677. The van der Waals surface area contributed by atoms with Gasteiger partial charge in [0.1, 0.15) is 11.5 Å². The predicted octanol–water partition coefficient (Wildman–Crippen LogP) is 2.91. The van der Waals surface area contributed by atoms with E-state index >= 15 is 0 Å². The summed E-state index contributed by atoms with van der Waals surface area (Å²) in [6, 6.07) is 6.61. The third-order valence-electron chi connectivity index (χ3n) is 3.93. The summed E-state index contributed by atoms with van der Waals surface area (Å²) in [5.41, 5.74) is 4.53. The van der Waals surface area contributed by atoms with Crippen molar-refractivity contribution in [3.63, 3.8) is 0 Å². The number of rotatable bonds is 4. The van der Waals surface area contributed by atoms with Crippen LogP contribution >= 0.6 is 15.9 Å². The zero-order valence-electron chi connectivity index (χ0n) is 13.7. The van der Waals surface area contributed by atoms with E-state index in [0.29, 0.717) is 49.0 Å². The smallest absolute Gasteiger partial charge is 0.287 e. The zero-order chi connectivity index (χ0) is 17.8. The van der Waals surface area contributed by atoms with Gasteiger partial charge in [-0.25, -0.2) is 9.82 Å². The first-order valence-electron chi connectivity index (χ1n) is 7.86. The van der Waals surface area contributed by atoms with Crippen LogP contribution in [0.3, 0.4) is 0 Å². The Morgan fingerprint density at radius 1 is 1.36 bits per heavy atom. The summed E-state index contributed by atoms with van der Waals surface area (Å²) in [5, 5.41) is 4.04. The number of amides is 1. The van der Waals surface area contributed by atoms with Crippen molar-refractivity contribution in [2.75, 3.05) is 31.2 Å². The summed E-state index contributed by atoms with van der Waals surface area (Å²) >= 11 is 3.26. The van der Waals surface area contributed by atoms with Crippen LogP contribution in [0, 0.1) is 5.82 Å². The average Bonchev–Trinajstić information content (AvgIpc) is 3.06. The Morgan fingerprint density at radius 2 is 2.12 bits per heavy atom. The number of hydrogen-bond donors (Lipinski definition) is 2. The fourth-order valence-corrected chi connectivity index (χ4v) is 2.89. The van der Waals surface area contributed by atoms with E-state index in [1.54, 1.807) is 31.3 Å². The van der Waals surface area contributed by atoms with Gasteiger partial charge in [0.25, 0.3) is 5.91 Å². The van der Waals surface area contributed by atoms with Crippen LogP contribution in [0.25, 0.3) is 0 Å². The van der Waals surface area contributed by atoms with Crippen molar-refractivity contribution in [3.05, 3.63) is 52.0 Å². The number of nitrogens with zero attached hydrogens (tertiary/aromatic N) is 2. The van der Waals surface area contributed by atoms with Crippen LogP contribution in [-0.2, 0) is 4.74 Å². The minimum Gasteiger partial charge on any atom is -0.378 e. The third kappa shape index (κ3) is 4.26. The summed E-state index contributed by atoms with van der Waals surface area (Å²) in [6.45, 7) is 4.26. The Hall–Kier alpha value is -2.19. The molecule has 0 saturated carbocycles. The predicted molar refractivity (Wildman–Crippen MR) is 97.6 cm³/mol. The number of morpholine rings is 1. The first-order chi connectivity index (χ1) is 12.0. The Bertz CT molecular complexity index is 800. The Balaban J connectivity index is 1.70. The van der Waals surface area contributed by atoms with Gasteiger partial charge in [0.15, 0.2) is 0 Å². The number of benzene rings is 1. The monoisotopic (exact) mass is 408 g/mol. The highest BCUT2D eigenvalue weighted by molar-refractivity contribution is 9.10. The summed E-state index contributed by atoms with van der Waals surface area (Å²) < 4.78 is 20.5. The first-order valence-corrected chi connectivity index (χ1v) is 8.65. The molecule has 1 amide bonds. The topological polar surface area (TPSA) is 69.7 Å². The van der Waals surface area contributed by atoms with Crippen molar-refractivity contribution in [1.82, 2.24) is 10.4 Å². The number of H-pyrrole nitrogens is 1. The number of halogens is 2. The fraction of sp³-hybridized carbons (Fsp3) is 0.294. The molecule has 2 heterocycles. The number of nitrogens with one attached hydrogen (secondary N) is 2. The van der Waals surface area contributed by atoms with Crippen LogP contribution in [0.15, 0.2) is 40.0 Å². The maximum absolute atomic E-state index is 14.4. The first kappa shape index (κ1) is 17.6. The number of anilines is 1. The zero-order valence-corrected chi connectivity index (χ0v) is 15.3. The molecule has 1 aromatic carbocycles. The van der Waals surface area contributed by atoms with E-state index in [9.17, 15) is 9.18 Å². The van der Waals surface area contributed by atoms with Gasteiger partial charge in [0, 0.05) is 29.3 Å². The molecule has 0 aliphatic carbocycles. The molecule has 0 spiro atoms. The van der Waals surface area contributed by atoms with Gasteiger partial charge in [-0.2, -0.15) is 5.10 Å². The van der Waals surface area contributed by atoms with Crippen molar-refractivity contribution in [3.8, 4) is 0 Å². The van der Waals surface area contributed by atoms with Crippen molar-refractivity contribution in [2.45, 2.75) is 6.92 Å². The number of ether oxygens (including phenoxy) is 1. The molecule has 0 unspecified atom stereocenters. The van der Waals surface area contributed by atoms with Crippen LogP contribution < -0.4 is 10.3 Å². The number of hydrazone groups is 1. The van der Waals surface area contributed by atoms with Crippen LogP contribution in [0.4, 0.5) is 10.1 Å². The fourth-order valence-electron chi connectivity index (χ4n) is 2.55. The van der Waals surface area contributed by atoms with Gasteiger partial charge in [-0.15, -0.1) is 0 Å². The minimum atomic E-state index is -0.365. The van der Waals surface area contributed by atoms with Gasteiger partial charge in [-0.3, -0.25) is 4.79 Å².